The number of fused-ring (bicyclic) bond motifs is 1. The molecule has 4 rings (SSSR count). The minimum Gasteiger partial charge on any atom is -0.478 e. The molecule has 1 saturated heterocycles. The van der Waals surface area contributed by atoms with Gasteiger partial charge in [0.05, 0.1) is 41.3 Å². The second kappa shape index (κ2) is 9.63. The first kappa shape index (κ1) is 24.0. The fourth-order valence-corrected chi connectivity index (χ4v) is 5.38. The lowest BCUT2D eigenvalue weighted by molar-refractivity contribution is 0.0697. The summed E-state index contributed by atoms with van der Waals surface area (Å²) in [4.78, 5) is 16.5. The number of carbonyl (C=O) groups is 1. The van der Waals surface area contributed by atoms with Gasteiger partial charge in [-0.3, -0.25) is 0 Å². The van der Waals surface area contributed by atoms with Gasteiger partial charge in [-0.25, -0.2) is 22.6 Å². The van der Waals surface area contributed by atoms with Crippen LogP contribution >= 0.6 is 0 Å². The summed E-state index contributed by atoms with van der Waals surface area (Å²) in [7, 11) is -3.67. The molecule has 0 aliphatic carbocycles. The number of aryl methyl sites for hydroxylation is 1. The van der Waals surface area contributed by atoms with Crippen LogP contribution in [0.2, 0.25) is 0 Å². The van der Waals surface area contributed by atoms with Crippen molar-refractivity contribution in [1.29, 1.82) is 0 Å². The first-order valence-corrected chi connectivity index (χ1v) is 12.1. The second-order valence-electron chi connectivity index (χ2n) is 7.87. The van der Waals surface area contributed by atoms with Crippen molar-refractivity contribution >= 4 is 27.0 Å². The summed E-state index contributed by atoms with van der Waals surface area (Å²) in [5.41, 5.74) is 7.46. The maximum Gasteiger partial charge on any atom is 0.335 e. The lowest BCUT2D eigenvalue weighted by atomic mass is 10.0. The molecule has 11 heteroatoms. The average molecular weight is 489 g/mol. The van der Waals surface area contributed by atoms with Gasteiger partial charge in [-0.2, -0.15) is 4.31 Å². The number of carboxylic acids is 1. The molecule has 0 bridgehead atoms. The minimum absolute atomic E-state index is 0.0110. The van der Waals surface area contributed by atoms with Gasteiger partial charge < -0.3 is 20.1 Å². The largest absolute Gasteiger partial charge is 0.478 e. The minimum atomic E-state index is -3.67. The zero-order chi connectivity index (χ0) is 24.5. The summed E-state index contributed by atoms with van der Waals surface area (Å²) >= 11 is 0. The van der Waals surface area contributed by atoms with Gasteiger partial charge in [0.1, 0.15) is 11.7 Å². The predicted octanol–water partition coefficient (Wildman–Crippen LogP) is 2.54. The van der Waals surface area contributed by atoms with Crippen molar-refractivity contribution in [2.45, 2.75) is 18.4 Å². The van der Waals surface area contributed by atoms with Crippen LogP contribution in [0.25, 0.3) is 22.2 Å². The topological polar surface area (TPSA) is 128 Å². The number of ether oxygens (including phenoxy) is 1. The van der Waals surface area contributed by atoms with E-state index in [1.165, 1.54) is 34.6 Å². The Morgan fingerprint density at radius 2 is 1.91 bits per heavy atom. The molecule has 3 aromatic rings. The fraction of sp³-hybridized carbons (Fsp3) is 0.304. The van der Waals surface area contributed by atoms with Gasteiger partial charge in [0.25, 0.3) is 0 Å². The van der Waals surface area contributed by atoms with Crippen molar-refractivity contribution in [3.63, 3.8) is 0 Å². The molecule has 9 nitrogen and oxygen atoms in total. The molecule has 180 valence electrons. The number of nitrogens with zero attached hydrogens (tertiary/aromatic N) is 3. The van der Waals surface area contributed by atoms with Crippen LogP contribution in [0.1, 0.15) is 16.2 Å². The van der Waals surface area contributed by atoms with Crippen LogP contribution in [0.5, 0.6) is 0 Å². The number of aromatic nitrogens is 2. The highest BCUT2D eigenvalue weighted by molar-refractivity contribution is 7.89. The van der Waals surface area contributed by atoms with E-state index >= 15 is 0 Å². The molecule has 2 heterocycles. The van der Waals surface area contributed by atoms with Crippen molar-refractivity contribution < 1.29 is 27.4 Å². The maximum absolute atomic E-state index is 14.2. The molecule has 0 amide bonds. The average Bonchev–Trinajstić information content (AvgIpc) is 3.14. The van der Waals surface area contributed by atoms with E-state index in [0.717, 1.165) is 0 Å². The summed E-state index contributed by atoms with van der Waals surface area (Å²) in [6.07, 6.45) is 1.25. The summed E-state index contributed by atoms with van der Waals surface area (Å²) < 4.78 is 48.3. The van der Waals surface area contributed by atoms with Gasteiger partial charge in [-0.15, -0.1) is 0 Å². The monoisotopic (exact) mass is 488 g/mol. The zero-order valence-corrected chi connectivity index (χ0v) is 19.4. The van der Waals surface area contributed by atoms with Gasteiger partial charge in [0.2, 0.25) is 10.0 Å². The van der Waals surface area contributed by atoms with Crippen LogP contribution in [0.15, 0.2) is 53.2 Å². The molecular weight excluding hydrogens is 463 g/mol. The number of morpholine rings is 1. The predicted molar refractivity (Wildman–Crippen MR) is 125 cm³/mol. The van der Waals surface area contributed by atoms with Crippen molar-refractivity contribution in [3.05, 3.63) is 59.7 Å². The third-order valence-corrected chi connectivity index (χ3v) is 7.63. The molecule has 1 aliphatic heterocycles. The molecule has 0 spiro atoms. The Bertz CT molecular complexity index is 1360. The van der Waals surface area contributed by atoms with Crippen LogP contribution in [-0.4, -0.2) is 66.2 Å². The lowest BCUT2D eigenvalue weighted by Crippen LogP contribution is -2.40. The highest BCUT2D eigenvalue weighted by atomic mass is 32.2. The first-order chi connectivity index (χ1) is 16.2. The summed E-state index contributed by atoms with van der Waals surface area (Å²) in [6.45, 7) is 2.90. The van der Waals surface area contributed by atoms with E-state index in [1.54, 1.807) is 23.6 Å². The smallest absolute Gasteiger partial charge is 0.335 e. The van der Waals surface area contributed by atoms with Gasteiger partial charge in [-0.1, -0.05) is 12.1 Å². The van der Waals surface area contributed by atoms with Crippen LogP contribution in [-0.2, 0) is 21.3 Å². The SMILES string of the molecule is Cc1nc2c(-c3ccc(S(=O)(=O)N4CCOCC4)cc3)cc(C(=O)O)cc2n1C/C(F)=C/CN. The van der Waals surface area contributed by atoms with Gasteiger partial charge >= 0.3 is 5.97 Å². The number of hydrogen-bond acceptors (Lipinski definition) is 6. The van der Waals surface area contributed by atoms with Crippen molar-refractivity contribution in [3.8, 4) is 11.1 Å². The zero-order valence-electron chi connectivity index (χ0n) is 18.6. The number of benzene rings is 2. The van der Waals surface area contributed by atoms with Crippen LogP contribution in [0.4, 0.5) is 4.39 Å². The molecule has 1 aromatic heterocycles. The first-order valence-electron chi connectivity index (χ1n) is 10.7. The second-order valence-corrected chi connectivity index (χ2v) is 9.81. The molecular formula is C23H25FN4O5S. The number of carboxylic acid groups (broad SMARTS) is 1. The van der Waals surface area contributed by atoms with Crippen molar-refractivity contribution in [1.82, 2.24) is 13.9 Å². The molecule has 0 atom stereocenters. The lowest BCUT2D eigenvalue weighted by Gasteiger charge is -2.26. The molecule has 3 N–H and O–H groups in total. The molecule has 0 radical (unpaired) electrons. The van der Waals surface area contributed by atoms with Crippen LogP contribution in [0, 0.1) is 6.92 Å². The highest BCUT2D eigenvalue weighted by Crippen LogP contribution is 2.32. The van der Waals surface area contributed by atoms with Crippen LogP contribution in [0.3, 0.4) is 0 Å². The van der Waals surface area contributed by atoms with Crippen LogP contribution < -0.4 is 5.73 Å². The van der Waals surface area contributed by atoms with Gasteiger partial charge in [0.15, 0.2) is 0 Å². The Morgan fingerprint density at radius 3 is 2.53 bits per heavy atom. The number of sulfonamides is 1. The number of imidazole rings is 1. The molecule has 2 aromatic carbocycles. The number of halogens is 1. The normalized spacial score (nSPS) is 15.7. The Labute approximate surface area is 196 Å². The number of hydrogen-bond donors (Lipinski definition) is 2. The Morgan fingerprint density at radius 1 is 1.24 bits per heavy atom. The fourth-order valence-electron chi connectivity index (χ4n) is 3.97. The highest BCUT2D eigenvalue weighted by Gasteiger charge is 2.26. The number of aromatic carboxylic acids is 1. The van der Waals surface area contributed by atoms with E-state index in [9.17, 15) is 22.7 Å². The van der Waals surface area contributed by atoms with E-state index in [0.29, 0.717) is 41.2 Å². The van der Waals surface area contributed by atoms with E-state index < -0.39 is 21.8 Å². The standard InChI is InChI=1S/C23H25FN4O5S/c1-15-26-22-20(12-17(23(29)30)13-21(22)28(15)14-18(24)6-7-25)16-2-4-19(5-3-16)34(31,32)27-8-10-33-11-9-27/h2-6,12-13H,7-11,14,25H2,1H3,(H,29,30)/b18-6-. The van der Waals surface area contributed by atoms with E-state index in [2.05, 4.69) is 4.98 Å². The molecule has 0 saturated carbocycles. The molecule has 0 unspecified atom stereocenters. The maximum atomic E-state index is 14.2. The third-order valence-electron chi connectivity index (χ3n) is 5.71. The summed E-state index contributed by atoms with van der Waals surface area (Å²) in [6, 6.07) is 9.17. The van der Waals surface area contributed by atoms with Gasteiger partial charge in [-0.05, 0) is 42.8 Å². The number of allylic oxidation sites excluding steroid dienone is 1. The Kier molecular flexibility index (Phi) is 6.80. The molecule has 1 aliphatic rings. The number of rotatable bonds is 7. The van der Waals surface area contributed by atoms with E-state index in [4.69, 9.17) is 10.5 Å². The number of nitrogens with two attached hydrogens (primary N) is 1. The Hall–Kier alpha value is -3.12. The van der Waals surface area contributed by atoms with Crippen molar-refractivity contribution in [2.75, 3.05) is 32.8 Å². The summed E-state index contributed by atoms with van der Waals surface area (Å²) in [5, 5.41) is 9.65. The molecule has 34 heavy (non-hydrogen) atoms. The van der Waals surface area contributed by atoms with Gasteiger partial charge in [0, 0.05) is 25.2 Å². The summed E-state index contributed by atoms with van der Waals surface area (Å²) in [5.74, 6) is -1.09. The van der Waals surface area contributed by atoms with Crippen molar-refractivity contribution in [2.24, 2.45) is 5.73 Å². The quantitative estimate of drug-likeness (QED) is 0.523. The molecule has 1 fully saturated rings. The third kappa shape index (κ3) is 4.60. The van der Waals surface area contributed by atoms with E-state index in [-0.39, 0.29) is 36.6 Å². The Balaban J connectivity index is 1.79. The van der Waals surface area contributed by atoms with E-state index in [1.807, 2.05) is 0 Å².